The molecule has 7 nitrogen and oxygen atoms in total. The Kier molecular flexibility index (Phi) is 5.60. The zero-order chi connectivity index (χ0) is 19.6. The smallest absolute Gasteiger partial charge is 0.317 e. The van der Waals surface area contributed by atoms with Crippen molar-refractivity contribution in [1.29, 1.82) is 0 Å². The number of fused-ring (bicyclic) bond motifs is 1. The van der Waals surface area contributed by atoms with Crippen LogP contribution in [0.25, 0.3) is 0 Å². The van der Waals surface area contributed by atoms with E-state index in [1.807, 2.05) is 6.92 Å². The Labute approximate surface area is 163 Å². The molecule has 1 saturated carbocycles. The van der Waals surface area contributed by atoms with Gasteiger partial charge in [-0.15, -0.1) is 0 Å². The molecule has 0 aromatic heterocycles. The maximum Gasteiger partial charge on any atom is 0.317 e. The van der Waals surface area contributed by atoms with Crippen LogP contribution in [-0.4, -0.2) is 47.5 Å². The molecule has 0 spiro atoms. The number of carboxylic acids is 1. The number of carbonyl (C=O) groups excluding carboxylic acids is 2. The summed E-state index contributed by atoms with van der Waals surface area (Å²) in [5, 5.41) is 15.7. The summed E-state index contributed by atoms with van der Waals surface area (Å²) >= 11 is 6.03. The molecule has 27 heavy (non-hydrogen) atoms. The maximum atomic E-state index is 12.4. The molecule has 1 saturated heterocycles. The molecule has 1 aromatic rings. The average molecular weight is 394 g/mol. The van der Waals surface area contributed by atoms with Crippen LogP contribution in [0.4, 0.5) is 10.5 Å². The number of hydrogen-bond donors (Lipinski definition) is 3. The van der Waals surface area contributed by atoms with Crippen molar-refractivity contribution < 1.29 is 19.5 Å². The van der Waals surface area contributed by atoms with Crippen molar-refractivity contribution in [3.8, 4) is 0 Å². The van der Waals surface area contributed by atoms with E-state index >= 15 is 0 Å². The second-order valence-electron chi connectivity index (χ2n) is 7.37. The van der Waals surface area contributed by atoms with Crippen molar-refractivity contribution in [3.63, 3.8) is 0 Å². The predicted molar refractivity (Wildman–Crippen MR) is 102 cm³/mol. The number of rotatable bonds is 5. The first-order chi connectivity index (χ1) is 12.8. The van der Waals surface area contributed by atoms with Gasteiger partial charge >= 0.3 is 12.0 Å². The topological polar surface area (TPSA) is 98.7 Å². The van der Waals surface area contributed by atoms with Crippen LogP contribution >= 0.6 is 11.6 Å². The molecule has 3 N–H and O–H groups in total. The molecule has 3 rings (SSSR count). The fourth-order valence-electron chi connectivity index (χ4n) is 4.14. The van der Waals surface area contributed by atoms with Crippen molar-refractivity contribution >= 4 is 35.2 Å². The minimum atomic E-state index is -0.809. The van der Waals surface area contributed by atoms with Crippen LogP contribution in [0, 0.1) is 18.3 Å². The zero-order valence-corrected chi connectivity index (χ0v) is 16.0. The summed E-state index contributed by atoms with van der Waals surface area (Å²) in [6.07, 6.45) is 2.49. The van der Waals surface area contributed by atoms with Gasteiger partial charge in [0.05, 0.1) is 5.41 Å². The van der Waals surface area contributed by atoms with E-state index < -0.39 is 11.4 Å². The van der Waals surface area contributed by atoms with E-state index in [-0.39, 0.29) is 37.4 Å². The third kappa shape index (κ3) is 3.88. The lowest BCUT2D eigenvalue weighted by molar-refractivity contribution is -0.149. The van der Waals surface area contributed by atoms with Gasteiger partial charge in [-0.25, -0.2) is 4.79 Å². The second kappa shape index (κ2) is 7.76. The molecular formula is C19H24ClN3O4. The molecule has 2 fully saturated rings. The third-order valence-electron chi connectivity index (χ3n) is 5.75. The quantitative estimate of drug-likeness (QED) is 0.716. The van der Waals surface area contributed by atoms with E-state index in [4.69, 9.17) is 11.6 Å². The van der Waals surface area contributed by atoms with E-state index in [9.17, 15) is 19.5 Å². The van der Waals surface area contributed by atoms with Gasteiger partial charge in [0.2, 0.25) is 5.91 Å². The standard InChI is InChI=1S/C19H24ClN3O4/c1-12-14(20)5-2-6-15(12)22-16(24)7-9-21-18(27)23-10-13-4-3-8-19(13,11-23)17(25)26/h2,5-6,13H,3-4,7-11H2,1H3,(H,21,27)(H,22,24)(H,25,26)/t13-,19+/m0/s1. The van der Waals surface area contributed by atoms with E-state index in [1.54, 1.807) is 23.1 Å². The minimum absolute atomic E-state index is 0.0230. The van der Waals surface area contributed by atoms with Gasteiger partial charge in [0.15, 0.2) is 0 Å². The summed E-state index contributed by atoms with van der Waals surface area (Å²) < 4.78 is 0. The Morgan fingerprint density at radius 1 is 1.37 bits per heavy atom. The first-order valence-corrected chi connectivity index (χ1v) is 9.52. The Balaban J connectivity index is 1.47. The van der Waals surface area contributed by atoms with Crippen molar-refractivity contribution in [2.75, 3.05) is 25.0 Å². The Morgan fingerprint density at radius 2 is 2.15 bits per heavy atom. The number of aliphatic carboxylic acids is 1. The van der Waals surface area contributed by atoms with Gasteiger partial charge in [-0.3, -0.25) is 9.59 Å². The molecule has 0 bridgehead atoms. The Bertz CT molecular complexity index is 769. The van der Waals surface area contributed by atoms with Gasteiger partial charge in [0.1, 0.15) is 0 Å². The summed E-state index contributed by atoms with van der Waals surface area (Å²) in [5.41, 5.74) is 0.646. The molecule has 1 heterocycles. The third-order valence-corrected chi connectivity index (χ3v) is 6.16. The van der Waals surface area contributed by atoms with Crippen LogP contribution in [0.2, 0.25) is 5.02 Å². The number of carbonyl (C=O) groups is 3. The van der Waals surface area contributed by atoms with Crippen LogP contribution in [0.15, 0.2) is 18.2 Å². The number of urea groups is 1. The summed E-state index contributed by atoms with van der Waals surface area (Å²) in [4.78, 5) is 37.7. The fraction of sp³-hybridized carbons (Fsp3) is 0.526. The van der Waals surface area contributed by atoms with Crippen LogP contribution in [0.3, 0.4) is 0 Å². The van der Waals surface area contributed by atoms with Gasteiger partial charge in [0.25, 0.3) is 0 Å². The number of nitrogens with zero attached hydrogens (tertiary/aromatic N) is 1. The van der Waals surface area contributed by atoms with Crippen LogP contribution in [0.5, 0.6) is 0 Å². The molecule has 146 valence electrons. The monoisotopic (exact) mass is 393 g/mol. The predicted octanol–water partition coefficient (Wildman–Crippen LogP) is 2.87. The summed E-state index contributed by atoms with van der Waals surface area (Å²) in [5.74, 6) is -1.01. The first-order valence-electron chi connectivity index (χ1n) is 9.14. The number of benzene rings is 1. The lowest BCUT2D eigenvalue weighted by Crippen LogP contribution is -2.42. The number of amides is 3. The molecule has 2 aliphatic rings. The Hall–Kier alpha value is -2.28. The highest BCUT2D eigenvalue weighted by Crippen LogP contribution is 2.48. The maximum absolute atomic E-state index is 12.4. The van der Waals surface area contributed by atoms with E-state index in [0.29, 0.717) is 23.7 Å². The van der Waals surface area contributed by atoms with Crippen molar-refractivity contribution in [1.82, 2.24) is 10.2 Å². The van der Waals surface area contributed by atoms with Gasteiger partial charge in [-0.1, -0.05) is 24.1 Å². The van der Waals surface area contributed by atoms with Gasteiger partial charge in [0, 0.05) is 36.8 Å². The van der Waals surface area contributed by atoms with Gasteiger partial charge < -0.3 is 20.6 Å². The number of likely N-dealkylation sites (tertiary alicyclic amines) is 1. The fourth-order valence-corrected chi connectivity index (χ4v) is 4.32. The zero-order valence-electron chi connectivity index (χ0n) is 15.3. The summed E-state index contributed by atoms with van der Waals surface area (Å²) in [7, 11) is 0. The van der Waals surface area contributed by atoms with Gasteiger partial charge in [-0.2, -0.15) is 0 Å². The number of anilines is 1. The van der Waals surface area contributed by atoms with Crippen LogP contribution in [0.1, 0.15) is 31.2 Å². The largest absolute Gasteiger partial charge is 0.481 e. The average Bonchev–Trinajstić information content (AvgIpc) is 3.17. The van der Waals surface area contributed by atoms with E-state index in [1.165, 1.54) is 0 Å². The molecule has 1 aliphatic heterocycles. The molecule has 1 aromatic carbocycles. The number of carboxylic acid groups (broad SMARTS) is 1. The number of halogens is 1. The van der Waals surface area contributed by atoms with Gasteiger partial charge in [-0.05, 0) is 43.4 Å². The molecule has 0 unspecified atom stereocenters. The highest BCUT2D eigenvalue weighted by atomic mass is 35.5. The highest BCUT2D eigenvalue weighted by Gasteiger charge is 2.55. The molecule has 0 radical (unpaired) electrons. The number of hydrogen-bond acceptors (Lipinski definition) is 3. The Morgan fingerprint density at radius 3 is 2.85 bits per heavy atom. The lowest BCUT2D eigenvalue weighted by Gasteiger charge is -2.23. The molecule has 3 amide bonds. The van der Waals surface area contributed by atoms with Crippen molar-refractivity contribution in [2.45, 2.75) is 32.6 Å². The minimum Gasteiger partial charge on any atom is -0.481 e. The van der Waals surface area contributed by atoms with E-state index in [0.717, 1.165) is 18.4 Å². The second-order valence-corrected chi connectivity index (χ2v) is 7.78. The highest BCUT2D eigenvalue weighted by molar-refractivity contribution is 6.31. The molecule has 1 aliphatic carbocycles. The normalized spacial score (nSPS) is 23.8. The first kappa shape index (κ1) is 19.5. The van der Waals surface area contributed by atoms with Crippen LogP contribution < -0.4 is 10.6 Å². The van der Waals surface area contributed by atoms with Crippen LogP contribution in [-0.2, 0) is 9.59 Å². The molecular weight excluding hydrogens is 370 g/mol. The van der Waals surface area contributed by atoms with Crippen molar-refractivity contribution in [3.05, 3.63) is 28.8 Å². The molecule has 2 atom stereocenters. The van der Waals surface area contributed by atoms with E-state index in [2.05, 4.69) is 10.6 Å². The lowest BCUT2D eigenvalue weighted by atomic mass is 9.81. The SMILES string of the molecule is Cc1c(Cl)cccc1NC(=O)CCNC(=O)N1C[C@@H]2CCC[C@@]2(C(=O)O)C1. The molecule has 8 heteroatoms. The number of nitrogens with one attached hydrogen (secondary N) is 2. The summed E-state index contributed by atoms with van der Waals surface area (Å²) in [6.45, 7) is 2.71. The summed E-state index contributed by atoms with van der Waals surface area (Å²) in [6, 6.07) is 4.97. The van der Waals surface area contributed by atoms with Crippen molar-refractivity contribution in [2.24, 2.45) is 11.3 Å².